The number of amides is 7. The number of nitrogens with one attached hydrogen (secondary N) is 7. The Morgan fingerprint density at radius 2 is 1.24 bits per heavy atom. The molecule has 28 heteroatoms. The molecular formula is C57H53Cl2N9O17. The number of halogens is 2. The third-order valence-corrected chi connectivity index (χ3v) is 14.9. The van der Waals surface area contributed by atoms with Crippen LogP contribution in [0.15, 0.2) is 103 Å². The van der Waals surface area contributed by atoms with E-state index in [1.807, 2.05) is 0 Å². The van der Waals surface area contributed by atoms with Crippen LogP contribution in [0.25, 0.3) is 11.1 Å². The van der Waals surface area contributed by atoms with E-state index in [1.165, 1.54) is 31.3 Å². The fourth-order valence-electron chi connectivity index (χ4n) is 9.96. The third-order valence-electron chi connectivity index (χ3n) is 14.3. The summed E-state index contributed by atoms with van der Waals surface area (Å²) in [6.45, 7) is 0.199. The number of carboxylic acids is 1. The summed E-state index contributed by atoms with van der Waals surface area (Å²) in [5.41, 5.74) is 10.5. The van der Waals surface area contributed by atoms with Gasteiger partial charge < -0.3 is 93.9 Å². The molecule has 0 spiro atoms. The topological polar surface area (TPSA) is 433 Å². The third kappa shape index (κ3) is 12.6. The van der Waals surface area contributed by atoms with Gasteiger partial charge in [0.15, 0.2) is 17.5 Å². The second-order valence-corrected chi connectivity index (χ2v) is 20.8. The first-order valence-corrected chi connectivity index (χ1v) is 26.5. The lowest BCUT2D eigenvalue weighted by Crippen LogP contribution is -2.59. The number of aliphatic carboxylic acids is 1. The van der Waals surface area contributed by atoms with Crippen LogP contribution in [0, 0.1) is 0 Å². The molecule has 26 nitrogen and oxygen atoms in total. The van der Waals surface area contributed by atoms with Crippen molar-refractivity contribution in [2.24, 2.45) is 11.5 Å². The summed E-state index contributed by atoms with van der Waals surface area (Å²) in [6.07, 6.45) is -5.07. The van der Waals surface area contributed by atoms with Gasteiger partial charge >= 0.3 is 5.97 Å². The van der Waals surface area contributed by atoms with Crippen LogP contribution in [-0.4, -0.2) is 114 Å². The van der Waals surface area contributed by atoms with E-state index in [2.05, 4.69) is 37.2 Å². The van der Waals surface area contributed by atoms with Crippen molar-refractivity contribution in [1.29, 1.82) is 0 Å². The fraction of sp³-hybridized carbons (Fsp3) is 0.228. The standard InChI is InChI=1S/C57H53Cl2N9O17/c1-62-33(12-22-3-2-4-23(11-22)21-60)51(76)67-46-48(73)25-6-9-37(31(58)14-25)84-39-16-27-17-40(50(39)75)85-38-10-7-26(15-32(38)59)49(74)47-56(81)66-45(57(82)83)30-18-28(69)19-36(71)42(30)29-13-24(5-8-35(29)70)43(53(78)68-47)65-54(79)44(27)64-52(77)34(20-41(61)72)63-55(46)80/h2-11,13-19,33-34,43-49,62,69-71,73-75H,12,20-21,60H2,1H3,(H2,61,72)(H,63,80)(H,64,77)(H,65,79)(H,66,81)(H,67,76)(H,68,78)(H,82,83)/t33-,34+,43-,44-,45+,46-,47+,48-,49-/m1/s1. The Morgan fingerprint density at radius 1 is 0.635 bits per heavy atom. The molecule has 6 aromatic carbocycles. The zero-order valence-corrected chi connectivity index (χ0v) is 45.8. The number of carbonyl (C=O) groups excluding carboxylic acids is 7. The number of aliphatic hydroxyl groups is 2. The first-order chi connectivity index (χ1) is 40.4. The Labute approximate surface area is 491 Å². The van der Waals surface area contributed by atoms with Gasteiger partial charge in [0, 0.05) is 29.3 Å². The molecule has 7 amide bonds. The van der Waals surface area contributed by atoms with Crippen LogP contribution in [0.1, 0.15) is 75.7 Å². The van der Waals surface area contributed by atoms with E-state index in [0.29, 0.717) is 5.56 Å². The minimum Gasteiger partial charge on any atom is -0.508 e. The van der Waals surface area contributed by atoms with Gasteiger partial charge in [0.25, 0.3) is 0 Å². The Bertz CT molecular complexity index is 3740. The van der Waals surface area contributed by atoms with Gasteiger partial charge in [-0.2, -0.15) is 0 Å². The first kappa shape index (κ1) is 59.9. The maximum atomic E-state index is 15.4. The number of ether oxygens (including phenoxy) is 2. The molecule has 18 N–H and O–H groups in total. The smallest absolute Gasteiger partial charge is 0.330 e. The molecule has 0 radical (unpaired) electrons. The van der Waals surface area contributed by atoms with Crippen molar-refractivity contribution in [2.75, 3.05) is 7.05 Å². The number of primary amides is 1. The summed E-state index contributed by atoms with van der Waals surface area (Å²) in [6, 6.07) is 7.24. The highest BCUT2D eigenvalue weighted by molar-refractivity contribution is 6.32. The zero-order valence-electron chi connectivity index (χ0n) is 44.3. The Balaban J connectivity index is 1.22. The Morgan fingerprint density at radius 3 is 1.85 bits per heavy atom. The van der Waals surface area contributed by atoms with Crippen LogP contribution in [0.2, 0.25) is 10.0 Å². The maximum Gasteiger partial charge on any atom is 0.330 e. The number of aliphatic hydroxyl groups excluding tert-OH is 2. The molecule has 5 aliphatic rings. The van der Waals surface area contributed by atoms with E-state index in [-0.39, 0.29) is 56.8 Å². The monoisotopic (exact) mass is 1210 g/mol. The largest absolute Gasteiger partial charge is 0.508 e. The molecule has 5 aliphatic heterocycles. The summed E-state index contributed by atoms with van der Waals surface area (Å²) < 4.78 is 12.3. The van der Waals surface area contributed by atoms with E-state index in [1.54, 1.807) is 24.3 Å². The van der Waals surface area contributed by atoms with Gasteiger partial charge in [-0.15, -0.1) is 0 Å². The molecule has 0 saturated carbocycles. The number of hydrogen-bond acceptors (Lipinski definition) is 18. The molecule has 5 heterocycles. The highest BCUT2D eigenvalue weighted by Crippen LogP contribution is 2.47. The first-order valence-electron chi connectivity index (χ1n) is 25.8. The average Bonchev–Trinajstić information content (AvgIpc) is 2.76. The number of phenolic OH excluding ortho intramolecular Hbond substituents is 4. The molecule has 85 heavy (non-hydrogen) atoms. The van der Waals surface area contributed by atoms with Crippen molar-refractivity contribution in [3.8, 4) is 57.1 Å². The predicted molar refractivity (Wildman–Crippen MR) is 299 cm³/mol. The molecule has 0 saturated heterocycles. The molecule has 11 rings (SSSR count). The van der Waals surface area contributed by atoms with Crippen molar-refractivity contribution in [3.63, 3.8) is 0 Å². The lowest BCUT2D eigenvalue weighted by Gasteiger charge is -2.31. The number of benzene rings is 6. The fourth-order valence-corrected chi connectivity index (χ4v) is 10.4. The molecule has 0 aliphatic carbocycles. The SMILES string of the molecule is CN[C@H](Cc1cccc(CN)c1)C(=O)N[C@H]1C(=O)N[C@@H](CC(N)=O)C(=O)N[C@H]2C(=O)N[C@H]3C(=O)N[C@H](C(=O)N[C@H](C(=O)O)c4cc(O)cc(O)c4-c4cc3ccc4O)[C@H](O)c3ccc(c(Cl)c3)Oc3cc2cc(c3O)Oc2ccc(cc2Cl)[C@H]1O. The minimum absolute atomic E-state index is 0.0537. The van der Waals surface area contributed by atoms with Gasteiger partial charge in [-0.3, -0.25) is 33.6 Å². The van der Waals surface area contributed by atoms with Crippen molar-refractivity contribution in [1.82, 2.24) is 37.2 Å². The predicted octanol–water partition coefficient (Wildman–Crippen LogP) is 2.05. The van der Waals surface area contributed by atoms with E-state index >= 15 is 9.59 Å². The molecule has 0 aromatic heterocycles. The number of rotatable bonds is 9. The van der Waals surface area contributed by atoms with Crippen molar-refractivity contribution < 1.29 is 83.6 Å². The quantitative estimate of drug-likeness (QED) is 0.0985. The van der Waals surface area contributed by atoms with Crippen LogP contribution >= 0.6 is 23.2 Å². The Hall–Kier alpha value is -9.70. The van der Waals surface area contributed by atoms with E-state index in [9.17, 15) is 64.5 Å². The molecular weight excluding hydrogens is 1150 g/mol. The number of nitrogens with two attached hydrogens (primary N) is 2. The average molecular weight is 1210 g/mol. The van der Waals surface area contributed by atoms with Crippen LogP contribution in [0.4, 0.5) is 0 Å². The molecule has 0 fully saturated rings. The van der Waals surface area contributed by atoms with Gasteiger partial charge in [-0.25, -0.2) is 4.79 Å². The summed E-state index contributed by atoms with van der Waals surface area (Å²) in [7, 11) is 1.47. The van der Waals surface area contributed by atoms with Crippen LogP contribution in [0.3, 0.4) is 0 Å². The van der Waals surface area contributed by atoms with Crippen molar-refractivity contribution in [2.45, 2.75) is 73.9 Å². The number of phenols is 4. The number of fused-ring (bicyclic) bond motifs is 15. The van der Waals surface area contributed by atoms with E-state index in [4.69, 9.17) is 44.1 Å². The van der Waals surface area contributed by atoms with Crippen molar-refractivity contribution in [3.05, 3.63) is 152 Å². The van der Waals surface area contributed by atoms with Gasteiger partial charge in [0.1, 0.15) is 71.2 Å². The lowest BCUT2D eigenvalue weighted by atomic mass is 9.89. The minimum atomic E-state index is -2.20. The second kappa shape index (κ2) is 24.6. The number of carboxylic acid groups (broad SMARTS) is 1. The molecule has 442 valence electrons. The van der Waals surface area contributed by atoms with Crippen LogP contribution in [-0.2, 0) is 51.3 Å². The van der Waals surface area contributed by atoms with E-state index < -0.39 is 159 Å². The number of carbonyl (C=O) groups is 8. The summed E-state index contributed by atoms with van der Waals surface area (Å²) in [5, 5.41) is 96.5. The number of likely N-dealkylation sites (N-methyl/N-ethyl adjacent to an activating group) is 1. The highest BCUT2D eigenvalue weighted by Gasteiger charge is 2.42. The van der Waals surface area contributed by atoms with Crippen LogP contribution < -0.4 is 58.2 Å². The zero-order chi connectivity index (χ0) is 61.3. The summed E-state index contributed by atoms with van der Waals surface area (Å²) in [5.74, 6) is -15.2. The van der Waals surface area contributed by atoms with E-state index in [0.717, 1.165) is 60.2 Å². The van der Waals surface area contributed by atoms with Gasteiger partial charge in [0.2, 0.25) is 47.1 Å². The van der Waals surface area contributed by atoms with Gasteiger partial charge in [0.05, 0.1) is 22.5 Å². The van der Waals surface area contributed by atoms with Gasteiger partial charge in [-0.1, -0.05) is 65.7 Å². The molecule has 6 aromatic rings. The Kier molecular flexibility index (Phi) is 17.4. The lowest BCUT2D eigenvalue weighted by molar-refractivity contribution is -0.143. The van der Waals surface area contributed by atoms with Crippen molar-refractivity contribution >= 4 is 70.5 Å². The maximum absolute atomic E-state index is 15.4. The number of aromatic hydroxyl groups is 4. The van der Waals surface area contributed by atoms with Crippen LogP contribution in [0.5, 0.6) is 46.0 Å². The molecule has 11 bridgehead atoms. The molecule has 0 unspecified atom stereocenters. The van der Waals surface area contributed by atoms with Gasteiger partial charge in [-0.05, 0) is 101 Å². The summed E-state index contributed by atoms with van der Waals surface area (Å²) in [4.78, 5) is 115. The second-order valence-electron chi connectivity index (χ2n) is 20.0. The normalized spacial score (nSPS) is 21.7. The molecule has 9 atom stereocenters. The summed E-state index contributed by atoms with van der Waals surface area (Å²) >= 11 is 13.6. The highest BCUT2D eigenvalue weighted by atomic mass is 35.5. The number of hydrogen-bond donors (Lipinski definition) is 16.